The van der Waals surface area contributed by atoms with Crippen LogP contribution >= 0.6 is 0 Å². The monoisotopic (exact) mass is 503 g/mol. The van der Waals surface area contributed by atoms with Gasteiger partial charge in [-0.05, 0) is 43.5 Å². The predicted molar refractivity (Wildman–Crippen MR) is 134 cm³/mol. The molecule has 0 spiro atoms. The Morgan fingerprint density at radius 3 is 2.92 bits per heavy atom. The van der Waals surface area contributed by atoms with E-state index in [1.807, 2.05) is 29.1 Å². The van der Waals surface area contributed by atoms with Crippen LogP contribution in [0.15, 0.2) is 42.7 Å². The molecule has 37 heavy (non-hydrogen) atoms. The van der Waals surface area contributed by atoms with Gasteiger partial charge < -0.3 is 19.7 Å². The standard InChI is InChI=1S/C26H26FN7O3/c1-36-25-5-3-20-26(30-25)18(19(27)13-28-20)8-11-33-9-6-17(7-10-33)34-14-22(31-32-34)16-2-4-23-21(12-16)29-24(35)15-37-23/h2-5,12-14,17H,6-11,15H2,1H3,(H,29,35). The summed E-state index contributed by atoms with van der Waals surface area (Å²) in [7, 11) is 1.55. The first kappa shape index (κ1) is 23.3. The van der Waals surface area contributed by atoms with Gasteiger partial charge >= 0.3 is 0 Å². The van der Waals surface area contributed by atoms with Crippen molar-refractivity contribution >= 4 is 22.6 Å². The normalized spacial score (nSPS) is 16.3. The first-order chi connectivity index (χ1) is 18.1. The average molecular weight is 504 g/mol. The zero-order valence-electron chi connectivity index (χ0n) is 20.4. The minimum Gasteiger partial charge on any atom is -0.482 e. The maximum absolute atomic E-state index is 14.6. The molecule has 0 bridgehead atoms. The lowest BCUT2D eigenvalue weighted by molar-refractivity contribution is -0.118. The molecule has 2 aliphatic rings. The summed E-state index contributed by atoms with van der Waals surface area (Å²) < 4.78 is 27.2. The highest BCUT2D eigenvalue weighted by Gasteiger charge is 2.23. The third kappa shape index (κ3) is 4.69. The van der Waals surface area contributed by atoms with E-state index in [0.717, 1.165) is 43.7 Å². The van der Waals surface area contributed by atoms with Gasteiger partial charge in [0.2, 0.25) is 5.88 Å². The number of carbonyl (C=O) groups is 1. The topological polar surface area (TPSA) is 107 Å². The number of fused-ring (bicyclic) bond motifs is 2. The number of benzene rings is 1. The Kier molecular flexibility index (Phi) is 6.13. The van der Waals surface area contributed by atoms with Crippen LogP contribution in [0.25, 0.3) is 22.3 Å². The van der Waals surface area contributed by atoms with Crippen LogP contribution in [0.1, 0.15) is 24.4 Å². The molecule has 1 saturated heterocycles. The Labute approximate surface area is 212 Å². The number of hydrogen-bond acceptors (Lipinski definition) is 8. The highest BCUT2D eigenvalue weighted by molar-refractivity contribution is 5.96. The number of carbonyl (C=O) groups excluding carboxylic acids is 1. The number of anilines is 1. The van der Waals surface area contributed by atoms with Gasteiger partial charge in [0.1, 0.15) is 17.3 Å². The largest absolute Gasteiger partial charge is 0.482 e. The van der Waals surface area contributed by atoms with E-state index < -0.39 is 0 Å². The molecule has 0 saturated carbocycles. The Balaban J connectivity index is 1.09. The summed E-state index contributed by atoms with van der Waals surface area (Å²) in [6.07, 6.45) is 5.60. The molecule has 190 valence electrons. The molecule has 4 aromatic rings. The van der Waals surface area contributed by atoms with E-state index in [1.54, 1.807) is 19.2 Å². The Bertz CT molecular complexity index is 1470. The molecular weight excluding hydrogens is 477 g/mol. The first-order valence-electron chi connectivity index (χ1n) is 12.3. The van der Waals surface area contributed by atoms with Crippen molar-refractivity contribution in [2.45, 2.75) is 25.3 Å². The van der Waals surface area contributed by atoms with Gasteiger partial charge in [-0.3, -0.25) is 9.78 Å². The molecular formula is C26H26FN7O3. The van der Waals surface area contributed by atoms with E-state index in [1.165, 1.54) is 6.20 Å². The molecule has 6 rings (SSSR count). The smallest absolute Gasteiger partial charge is 0.262 e. The molecule has 0 aliphatic carbocycles. The van der Waals surface area contributed by atoms with E-state index >= 15 is 0 Å². The van der Waals surface area contributed by atoms with Crippen LogP contribution in [0, 0.1) is 5.82 Å². The van der Waals surface area contributed by atoms with E-state index in [2.05, 4.69) is 30.5 Å². The number of piperidine rings is 1. The summed E-state index contributed by atoms with van der Waals surface area (Å²) in [5.74, 6) is 0.586. The van der Waals surface area contributed by atoms with E-state index in [4.69, 9.17) is 9.47 Å². The second-order valence-electron chi connectivity index (χ2n) is 9.26. The van der Waals surface area contributed by atoms with Crippen LogP contribution in [0.4, 0.5) is 10.1 Å². The van der Waals surface area contributed by atoms with Crippen molar-refractivity contribution in [3.63, 3.8) is 0 Å². The quantitative estimate of drug-likeness (QED) is 0.427. The van der Waals surface area contributed by atoms with Crippen molar-refractivity contribution in [3.8, 4) is 22.9 Å². The van der Waals surface area contributed by atoms with Crippen LogP contribution in [-0.4, -0.2) is 69.1 Å². The average Bonchev–Trinajstić information content (AvgIpc) is 3.42. The number of rotatable bonds is 6. The number of aromatic nitrogens is 5. The zero-order valence-corrected chi connectivity index (χ0v) is 20.4. The van der Waals surface area contributed by atoms with Crippen LogP contribution in [0.5, 0.6) is 11.6 Å². The molecule has 5 heterocycles. The van der Waals surface area contributed by atoms with Crippen molar-refractivity contribution in [1.82, 2.24) is 29.9 Å². The molecule has 10 nitrogen and oxygen atoms in total. The summed E-state index contributed by atoms with van der Waals surface area (Å²) in [4.78, 5) is 22.6. The fourth-order valence-corrected chi connectivity index (χ4v) is 4.94. The molecule has 1 fully saturated rings. The summed E-state index contributed by atoms with van der Waals surface area (Å²) in [6, 6.07) is 9.38. The van der Waals surface area contributed by atoms with Gasteiger partial charge in [0.05, 0.1) is 42.3 Å². The van der Waals surface area contributed by atoms with Crippen LogP contribution < -0.4 is 14.8 Å². The van der Waals surface area contributed by atoms with Crippen LogP contribution in [-0.2, 0) is 11.2 Å². The first-order valence-corrected chi connectivity index (χ1v) is 12.3. The Morgan fingerprint density at radius 1 is 1.22 bits per heavy atom. The summed E-state index contributed by atoms with van der Waals surface area (Å²) in [5, 5.41) is 11.6. The van der Waals surface area contributed by atoms with E-state index in [0.29, 0.717) is 40.3 Å². The van der Waals surface area contributed by atoms with Crippen molar-refractivity contribution in [3.05, 3.63) is 54.1 Å². The highest BCUT2D eigenvalue weighted by atomic mass is 19.1. The molecule has 2 aliphatic heterocycles. The fourth-order valence-electron chi connectivity index (χ4n) is 4.94. The minimum atomic E-state index is -0.341. The molecule has 0 atom stereocenters. The number of halogens is 1. The van der Waals surface area contributed by atoms with Crippen molar-refractivity contribution < 1.29 is 18.7 Å². The molecule has 0 unspecified atom stereocenters. The number of pyridine rings is 2. The van der Waals surface area contributed by atoms with Gasteiger partial charge in [-0.1, -0.05) is 5.21 Å². The van der Waals surface area contributed by atoms with Gasteiger partial charge in [0, 0.05) is 36.8 Å². The predicted octanol–water partition coefficient (Wildman–Crippen LogP) is 3.25. The number of methoxy groups -OCH3 is 1. The van der Waals surface area contributed by atoms with E-state index in [9.17, 15) is 9.18 Å². The second kappa shape index (κ2) is 9.74. The molecule has 11 heteroatoms. The number of nitrogens with one attached hydrogen (secondary N) is 1. The highest BCUT2D eigenvalue weighted by Crippen LogP contribution is 2.32. The van der Waals surface area contributed by atoms with Gasteiger partial charge in [-0.25, -0.2) is 14.1 Å². The number of nitrogens with zero attached hydrogens (tertiary/aromatic N) is 6. The minimum absolute atomic E-state index is 0.0287. The van der Waals surface area contributed by atoms with Gasteiger partial charge in [-0.15, -0.1) is 5.10 Å². The SMILES string of the molecule is COc1ccc2ncc(F)c(CCN3CCC(n4cc(-c5ccc6c(c5)NC(=O)CO6)nn4)CC3)c2n1. The molecule has 3 aromatic heterocycles. The summed E-state index contributed by atoms with van der Waals surface area (Å²) >= 11 is 0. The van der Waals surface area contributed by atoms with Crippen molar-refractivity contribution in [2.75, 3.05) is 38.7 Å². The number of likely N-dealkylation sites (tertiary alicyclic amines) is 1. The number of amides is 1. The van der Waals surface area contributed by atoms with E-state index in [-0.39, 0.29) is 24.4 Å². The maximum atomic E-state index is 14.6. The maximum Gasteiger partial charge on any atom is 0.262 e. The van der Waals surface area contributed by atoms with Crippen LogP contribution in [0.3, 0.4) is 0 Å². The lowest BCUT2D eigenvalue weighted by Crippen LogP contribution is -2.36. The molecule has 1 amide bonds. The molecule has 1 aromatic carbocycles. The molecule has 1 N–H and O–H groups in total. The zero-order chi connectivity index (χ0) is 25.4. The summed E-state index contributed by atoms with van der Waals surface area (Å²) in [6.45, 7) is 2.51. The third-order valence-electron chi connectivity index (χ3n) is 6.98. The van der Waals surface area contributed by atoms with Gasteiger partial charge in [-0.2, -0.15) is 0 Å². The Morgan fingerprint density at radius 2 is 2.08 bits per heavy atom. The van der Waals surface area contributed by atoms with Crippen LogP contribution in [0.2, 0.25) is 0 Å². The van der Waals surface area contributed by atoms with Gasteiger partial charge in [0.15, 0.2) is 6.61 Å². The third-order valence-corrected chi connectivity index (χ3v) is 6.98. The lowest BCUT2D eigenvalue weighted by Gasteiger charge is -2.31. The lowest BCUT2D eigenvalue weighted by atomic mass is 10.0. The van der Waals surface area contributed by atoms with Gasteiger partial charge in [0.25, 0.3) is 5.91 Å². The fraction of sp³-hybridized carbons (Fsp3) is 0.346. The summed E-state index contributed by atoms with van der Waals surface area (Å²) in [5.41, 5.74) is 4.03. The number of hydrogen-bond donors (Lipinski definition) is 1. The van der Waals surface area contributed by atoms with Crippen molar-refractivity contribution in [1.29, 1.82) is 0 Å². The molecule has 0 radical (unpaired) electrons. The Hall–Kier alpha value is -4.12. The number of ether oxygens (including phenoxy) is 2. The van der Waals surface area contributed by atoms with Crippen molar-refractivity contribution in [2.24, 2.45) is 0 Å². The second-order valence-corrected chi connectivity index (χ2v) is 9.26.